The van der Waals surface area contributed by atoms with E-state index >= 15 is 0 Å². The van der Waals surface area contributed by atoms with E-state index in [1.165, 1.54) is 6.42 Å². The third-order valence-corrected chi connectivity index (χ3v) is 1.39. The predicted octanol–water partition coefficient (Wildman–Crippen LogP) is 0.576. The van der Waals surface area contributed by atoms with E-state index in [0.717, 1.165) is 6.42 Å². The van der Waals surface area contributed by atoms with Gasteiger partial charge in [0.05, 0.1) is 0 Å². The van der Waals surface area contributed by atoms with Gasteiger partial charge in [0.15, 0.2) is 6.23 Å². The summed E-state index contributed by atoms with van der Waals surface area (Å²) in [4.78, 5) is 4.06. The Morgan fingerprint density at radius 2 is 2.71 bits per heavy atom. The van der Waals surface area contributed by atoms with Gasteiger partial charge in [-0.15, -0.1) is 0 Å². The molecule has 0 amide bonds. The predicted molar refractivity (Wildman–Crippen MR) is 26.4 cm³/mol. The molecule has 0 N–H and O–H groups in total. The Hall–Kier alpha value is -0.370. The van der Waals surface area contributed by atoms with E-state index in [0.29, 0.717) is 6.10 Å². The highest BCUT2D eigenvalue weighted by atomic mass is 16.6. The van der Waals surface area contributed by atoms with E-state index in [1.54, 1.807) is 0 Å². The molecule has 0 saturated carbocycles. The van der Waals surface area contributed by atoms with E-state index in [-0.39, 0.29) is 6.23 Å². The smallest absolute Gasteiger partial charge is 0.174 e. The van der Waals surface area contributed by atoms with Crippen molar-refractivity contribution in [1.82, 2.24) is 0 Å². The van der Waals surface area contributed by atoms with E-state index < -0.39 is 0 Å². The molecule has 38 valence electrons. The maximum Gasteiger partial charge on any atom is 0.174 e. The normalized spacial score (nSPS) is 45.7. The first-order valence-corrected chi connectivity index (χ1v) is 2.64. The van der Waals surface area contributed by atoms with Gasteiger partial charge < -0.3 is 4.74 Å². The van der Waals surface area contributed by atoms with Crippen molar-refractivity contribution in [3.63, 3.8) is 0 Å². The number of fused-ring (bicyclic) bond motifs is 1. The molecule has 2 heterocycles. The molecule has 0 bridgehead atoms. The molecule has 0 spiro atoms. The molecule has 1 saturated heterocycles. The van der Waals surface area contributed by atoms with Gasteiger partial charge in [-0.1, -0.05) is 0 Å². The summed E-state index contributed by atoms with van der Waals surface area (Å²) in [5, 5.41) is 0. The van der Waals surface area contributed by atoms with Crippen LogP contribution >= 0.6 is 0 Å². The third-order valence-electron chi connectivity index (χ3n) is 1.39. The van der Waals surface area contributed by atoms with Gasteiger partial charge in [-0.3, -0.25) is 4.99 Å². The minimum Gasteiger partial charge on any atom is -0.346 e. The Morgan fingerprint density at radius 3 is 3.29 bits per heavy atom. The molecule has 2 unspecified atom stereocenters. The number of rotatable bonds is 0. The second-order valence-electron chi connectivity index (χ2n) is 1.97. The molecule has 2 aliphatic rings. The first-order chi connectivity index (χ1) is 3.47. The van der Waals surface area contributed by atoms with Crippen molar-refractivity contribution >= 4 is 6.21 Å². The van der Waals surface area contributed by atoms with Crippen LogP contribution in [0.5, 0.6) is 0 Å². The van der Waals surface area contributed by atoms with Crippen molar-refractivity contribution in [2.24, 2.45) is 4.99 Å². The number of aliphatic imine (C=N–C) groups is 1. The van der Waals surface area contributed by atoms with Gasteiger partial charge in [-0.05, 0) is 12.8 Å². The van der Waals surface area contributed by atoms with Crippen molar-refractivity contribution in [3.8, 4) is 0 Å². The molecule has 0 aromatic heterocycles. The Morgan fingerprint density at radius 1 is 1.71 bits per heavy atom. The van der Waals surface area contributed by atoms with Crippen molar-refractivity contribution in [3.05, 3.63) is 0 Å². The number of ether oxygens (including phenoxy) is 1. The van der Waals surface area contributed by atoms with Gasteiger partial charge in [-0.25, -0.2) is 0 Å². The van der Waals surface area contributed by atoms with Gasteiger partial charge in [0.2, 0.25) is 0 Å². The van der Waals surface area contributed by atoms with Crippen LogP contribution in [0.3, 0.4) is 0 Å². The number of epoxide rings is 1. The standard InChI is InChI=1S/C5H7NO/c1-2-4-5(7-4)6-3-1/h3-5H,1-2H2. The first-order valence-electron chi connectivity index (χ1n) is 2.64. The Labute approximate surface area is 42.2 Å². The van der Waals surface area contributed by atoms with Crippen LogP contribution in [0.1, 0.15) is 12.8 Å². The van der Waals surface area contributed by atoms with E-state index in [9.17, 15) is 0 Å². The summed E-state index contributed by atoms with van der Waals surface area (Å²) in [6.07, 6.45) is 5.03. The molecule has 2 atom stereocenters. The van der Waals surface area contributed by atoms with Crippen molar-refractivity contribution in [2.45, 2.75) is 25.2 Å². The molecule has 1 fully saturated rings. The Bertz CT molecular complexity index is 111. The highest BCUT2D eigenvalue weighted by Gasteiger charge is 2.39. The summed E-state index contributed by atoms with van der Waals surface area (Å²) in [5.41, 5.74) is 0. The fraction of sp³-hybridized carbons (Fsp3) is 0.800. The Kier molecular flexibility index (Phi) is 0.551. The number of hydrogen-bond acceptors (Lipinski definition) is 2. The molecule has 0 aliphatic carbocycles. The number of hydrogen-bond donors (Lipinski definition) is 0. The third kappa shape index (κ3) is 0.465. The summed E-state index contributed by atoms with van der Waals surface area (Å²) in [5.74, 6) is 0. The average Bonchev–Trinajstić information content (AvgIpc) is 2.41. The second-order valence-corrected chi connectivity index (χ2v) is 1.97. The molecule has 0 radical (unpaired) electrons. The van der Waals surface area contributed by atoms with Gasteiger partial charge >= 0.3 is 0 Å². The van der Waals surface area contributed by atoms with Gasteiger partial charge in [0.25, 0.3) is 0 Å². The molecule has 2 aliphatic heterocycles. The van der Waals surface area contributed by atoms with E-state index in [4.69, 9.17) is 4.74 Å². The van der Waals surface area contributed by atoms with Crippen LogP contribution in [-0.2, 0) is 4.74 Å². The van der Waals surface area contributed by atoms with Crippen LogP contribution in [0.25, 0.3) is 0 Å². The second kappa shape index (κ2) is 1.07. The lowest BCUT2D eigenvalue weighted by molar-refractivity contribution is 0.373. The van der Waals surface area contributed by atoms with Crippen LogP contribution in [0.4, 0.5) is 0 Å². The maximum absolute atomic E-state index is 5.08. The minimum atomic E-state index is 0.272. The molecule has 0 aromatic carbocycles. The van der Waals surface area contributed by atoms with Crippen LogP contribution in [0.15, 0.2) is 4.99 Å². The molecule has 2 heteroatoms. The highest BCUT2D eigenvalue weighted by Crippen LogP contribution is 2.29. The summed E-state index contributed by atoms with van der Waals surface area (Å²) < 4.78 is 5.08. The molecule has 2 rings (SSSR count). The summed E-state index contributed by atoms with van der Waals surface area (Å²) in [6, 6.07) is 0. The topological polar surface area (TPSA) is 24.9 Å². The quantitative estimate of drug-likeness (QED) is 0.406. The van der Waals surface area contributed by atoms with Crippen molar-refractivity contribution < 1.29 is 4.74 Å². The highest BCUT2D eigenvalue weighted by molar-refractivity contribution is 5.59. The largest absolute Gasteiger partial charge is 0.346 e. The van der Waals surface area contributed by atoms with Crippen LogP contribution in [0.2, 0.25) is 0 Å². The molecule has 7 heavy (non-hydrogen) atoms. The van der Waals surface area contributed by atoms with Crippen molar-refractivity contribution in [1.29, 1.82) is 0 Å². The fourth-order valence-corrected chi connectivity index (χ4v) is 0.893. The van der Waals surface area contributed by atoms with E-state index in [2.05, 4.69) is 4.99 Å². The number of nitrogens with zero attached hydrogens (tertiary/aromatic N) is 1. The lowest BCUT2D eigenvalue weighted by Crippen LogP contribution is -1.97. The van der Waals surface area contributed by atoms with E-state index in [1.807, 2.05) is 6.21 Å². The Balaban J connectivity index is 2.14. The maximum atomic E-state index is 5.08. The zero-order chi connectivity index (χ0) is 4.69. The van der Waals surface area contributed by atoms with Crippen LogP contribution in [0, 0.1) is 0 Å². The van der Waals surface area contributed by atoms with Crippen molar-refractivity contribution in [2.75, 3.05) is 0 Å². The zero-order valence-electron chi connectivity index (χ0n) is 4.00. The summed E-state index contributed by atoms with van der Waals surface area (Å²) in [6.45, 7) is 0. The molecule has 0 aromatic rings. The fourth-order valence-electron chi connectivity index (χ4n) is 0.893. The SMILES string of the molecule is C1=NC2OC2CC1. The lowest BCUT2D eigenvalue weighted by atomic mass is 10.2. The zero-order valence-corrected chi connectivity index (χ0v) is 4.00. The molecular weight excluding hydrogens is 90.1 g/mol. The van der Waals surface area contributed by atoms with Crippen LogP contribution in [-0.4, -0.2) is 18.5 Å². The van der Waals surface area contributed by atoms with Gasteiger partial charge in [0.1, 0.15) is 6.10 Å². The summed E-state index contributed by atoms with van der Waals surface area (Å²) in [7, 11) is 0. The lowest BCUT2D eigenvalue weighted by Gasteiger charge is -1.91. The van der Waals surface area contributed by atoms with Crippen LogP contribution < -0.4 is 0 Å². The van der Waals surface area contributed by atoms with Gasteiger partial charge in [0, 0.05) is 6.21 Å². The van der Waals surface area contributed by atoms with Gasteiger partial charge in [-0.2, -0.15) is 0 Å². The average molecular weight is 97.1 g/mol. The molecule has 2 nitrogen and oxygen atoms in total. The first kappa shape index (κ1) is 3.61. The summed E-state index contributed by atoms with van der Waals surface area (Å²) >= 11 is 0. The minimum absolute atomic E-state index is 0.272. The molecular formula is C5H7NO. The monoisotopic (exact) mass is 97.1 g/mol.